The second-order valence-electron chi connectivity index (χ2n) is 12.9. The van der Waals surface area contributed by atoms with Gasteiger partial charge in [0, 0.05) is 42.6 Å². The average molecular weight is 591 g/mol. The van der Waals surface area contributed by atoms with Crippen molar-refractivity contribution in [1.82, 2.24) is 14.7 Å². The van der Waals surface area contributed by atoms with Gasteiger partial charge in [-0.2, -0.15) is 0 Å². The quantitative estimate of drug-likeness (QED) is 0.321. The van der Waals surface area contributed by atoms with Crippen molar-refractivity contribution in [1.29, 1.82) is 0 Å². The highest BCUT2D eigenvalue weighted by molar-refractivity contribution is 6.25. The van der Waals surface area contributed by atoms with Crippen LogP contribution in [-0.2, 0) is 22.6 Å². The molecule has 0 radical (unpaired) electrons. The standard InChI is InChI=1S/C32H38N4O7/c1-34(2)19-7-8-36(14-19)13-15-5-6-16-10-17-11-18-12-21-25(35(3)4)28(39)24(31(33)42)30(41)32(21,43)29(40)23(18)27(38)22(17)26(37)20(16)9-15/h5-6,9-10,18-19,21,25,37,39-40,43H,7-8,11-14H2,1-4H3,(H2,33,42)/t18-,19-,21-,25-,32-/m0/s1. The molecule has 0 spiro atoms. The van der Waals surface area contributed by atoms with E-state index in [1.54, 1.807) is 14.1 Å². The number of benzene rings is 2. The number of allylic oxidation sites excluding steroid dienone is 1. The van der Waals surface area contributed by atoms with Crippen LogP contribution in [0.5, 0.6) is 5.75 Å². The SMILES string of the molecule is CN(C)[C@H]1CCN(Cc2ccc3cc4c(c(O)c3c2)C(=O)C2=C(O)[C@]3(O)C(=O)C(C(N)=O)=C(O)[C@@H](N(C)C)[C@@H]3C[C@@H]2C4)C1. The lowest BCUT2D eigenvalue weighted by molar-refractivity contribution is -0.148. The Morgan fingerprint density at radius 1 is 1.09 bits per heavy atom. The first-order valence-corrected chi connectivity index (χ1v) is 14.6. The molecule has 0 bridgehead atoms. The van der Waals surface area contributed by atoms with Gasteiger partial charge in [-0.15, -0.1) is 0 Å². The number of primary amides is 1. The number of aliphatic hydroxyl groups is 3. The van der Waals surface area contributed by atoms with E-state index < -0.39 is 58.0 Å². The van der Waals surface area contributed by atoms with Gasteiger partial charge in [0.2, 0.25) is 5.78 Å². The molecule has 1 saturated heterocycles. The summed E-state index contributed by atoms with van der Waals surface area (Å²) in [4.78, 5) is 45.8. The van der Waals surface area contributed by atoms with Crippen molar-refractivity contribution < 1.29 is 34.8 Å². The van der Waals surface area contributed by atoms with Crippen LogP contribution < -0.4 is 5.73 Å². The average Bonchev–Trinajstić information content (AvgIpc) is 3.39. The Labute approximate surface area is 249 Å². The largest absolute Gasteiger partial charge is 0.510 e. The van der Waals surface area contributed by atoms with Crippen LogP contribution in [-0.4, -0.2) is 112 Å². The maximum Gasteiger partial charge on any atom is 0.255 e. The molecule has 1 aliphatic heterocycles. The fourth-order valence-corrected chi connectivity index (χ4v) is 7.80. The number of nitrogens with zero attached hydrogens (tertiary/aromatic N) is 3. The number of amides is 1. The summed E-state index contributed by atoms with van der Waals surface area (Å²) < 4.78 is 0. The summed E-state index contributed by atoms with van der Waals surface area (Å²) in [5.41, 5.74) is 3.41. The Hall–Kier alpha value is -3.77. The summed E-state index contributed by atoms with van der Waals surface area (Å²) >= 11 is 0. The molecular weight excluding hydrogens is 552 g/mol. The number of hydrogen-bond donors (Lipinski definition) is 5. The summed E-state index contributed by atoms with van der Waals surface area (Å²) in [6, 6.07) is 7.19. The molecule has 11 heteroatoms. The number of likely N-dealkylation sites (N-methyl/N-ethyl adjacent to an activating group) is 2. The van der Waals surface area contributed by atoms with Crippen molar-refractivity contribution in [2.24, 2.45) is 17.6 Å². The molecule has 0 saturated carbocycles. The number of rotatable bonds is 5. The van der Waals surface area contributed by atoms with E-state index in [1.165, 1.54) is 4.90 Å². The van der Waals surface area contributed by atoms with E-state index in [-0.39, 0.29) is 29.7 Å². The molecule has 11 nitrogen and oxygen atoms in total. The van der Waals surface area contributed by atoms with E-state index in [0.29, 0.717) is 23.5 Å². The maximum absolute atomic E-state index is 14.0. The highest BCUT2D eigenvalue weighted by atomic mass is 16.3. The minimum atomic E-state index is -2.65. The summed E-state index contributed by atoms with van der Waals surface area (Å²) in [5, 5.41) is 46.9. The second-order valence-corrected chi connectivity index (χ2v) is 12.9. The van der Waals surface area contributed by atoms with Gasteiger partial charge in [0.15, 0.2) is 11.4 Å². The predicted molar refractivity (Wildman–Crippen MR) is 159 cm³/mol. The van der Waals surface area contributed by atoms with E-state index in [9.17, 15) is 34.8 Å². The van der Waals surface area contributed by atoms with Gasteiger partial charge in [-0.05, 0) is 76.0 Å². The number of fused-ring (bicyclic) bond motifs is 4. The molecule has 5 atom stereocenters. The van der Waals surface area contributed by atoms with Gasteiger partial charge in [-0.1, -0.05) is 18.2 Å². The molecule has 1 amide bonds. The van der Waals surface area contributed by atoms with Gasteiger partial charge in [0.05, 0.1) is 11.6 Å². The van der Waals surface area contributed by atoms with E-state index in [1.807, 2.05) is 24.3 Å². The number of aromatic hydroxyl groups is 1. The van der Waals surface area contributed by atoms with Crippen LogP contribution in [0.25, 0.3) is 10.8 Å². The fourth-order valence-electron chi connectivity index (χ4n) is 7.80. The number of hydrogen-bond acceptors (Lipinski definition) is 10. The lowest BCUT2D eigenvalue weighted by atomic mass is 9.58. The van der Waals surface area contributed by atoms with Crippen molar-refractivity contribution >= 4 is 28.2 Å². The summed E-state index contributed by atoms with van der Waals surface area (Å²) in [6.45, 7) is 2.60. The second kappa shape index (κ2) is 10.2. The zero-order chi connectivity index (χ0) is 31.1. The molecule has 0 unspecified atom stereocenters. The van der Waals surface area contributed by atoms with Gasteiger partial charge in [-0.3, -0.25) is 24.2 Å². The third kappa shape index (κ3) is 4.28. The number of aliphatic hydroxyl groups excluding tert-OH is 2. The number of likely N-dealkylation sites (tertiary alicyclic amines) is 1. The lowest BCUT2D eigenvalue weighted by Gasteiger charge is -2.50. The minimum Gasteiger partial charge on any atom is -0.510 e. The minimum absolute atomic E-state index is 0.0271. The van der Waals surface area contributed by atoms with Crippen molar-refractivity contribution in [3.05, 3.63) is 63.6 Å². The molecule has 43 heavy (non-hydrogen) atoms. The first-order chi connectivity index (χ1) is 20.2. The molecule has 2 aromatic carbocycles. The Balaban J connectivity index is 1.42. The molecule has 3 aliphatic carbocycles. The predicted octanol–water partition coefficient (Wildman–Crippen LogP) is 1.41. The van der Waals surface area contributed by atoms with Crippen LogP contribution >= 0.6 is 0 Å². The highest BCUT2D eigenvalue weighted by Crippen LogP contribution is 2.52. The first-order valence-electron chi connectivity index (χ1n) is 14.6. The summed E-state index contributed by atoms with van der Waals surface area (Å²) in [6.07, 6.45) is 1.40. The monoisotopic (exact) mass is 590 g/mol. The van der Waals surface area contributed by atoms with Crippen LogP contribution in [0.2, 0.25) is 0 Å². The van der Waals surface area contributed by atoms with Crippen LogP contribution in [0.3, 0.4) is 0 Å². The third-order valence-electron chi connectivity index (χ3n) is 9.98. The van der Waals surface area contributed by atoms with Crippen molar-refractivity contribution in [2.45, 2.75) is 43.5 Å². The normalized spacial score (nSPS) is 29.5. The van der Waals surface area contributed by atoms with Crippen molar-refractivity contribution in [2.75, 3.05) is 41.3 Å². The molecule has 228 valence electrons. The molecular formula is C32H38N4O7. The molecule has 4 aliphatic rings. The van der Waals surface area contributed by atoms with Crippen molar-refractivity contribution in [3.8, 4) is 5.75 Å². The molecule has 2 aromatic rings. The fraction of sp³-hybridized carbons (Fsp3) is 0.469. The Bertz CT molecular complexity index is 1640. The van der Waals surface area contributed by atoms with E-state index in [2.05, 4.69) is 23.9 Å². The Morgan fingerprint density at radius 3 is 2.44 bits per heavy atom. The summed E-state index contributed by atoms with van der Waals surface area (Å²) in [5.74, 6) is -6.46. The first kappa shape index (κ1) is 29.3. The number of carbonyl (C=O) groups excluding carboxylic acids is 3. The topological polar surface area (TPSA) is 168 Å². The van der Waals surface area contributed by atoms with Crippen LogP contribution in [0.4, 0.5) is 0 Å². The Morgan fingerprint density at radius 2 is 1.81 bits per heavy atom. The third-order valence-corrected chi connectivity index (χ3v) is 9.98. The van der Waals surface area contributed by atoms with Gasteiger partial charge in [0.25, 0.3) is 5.91 Å². The van der Waals surface area contributed by atoms with E-state index in [4.69, 9.17) is 5.73 Å². The maximum atomic E-state index is 14.0. The number of carbonyl (C=O) groups is 3. The zero-order valence-corrected chi connectivity index (χ0v) is 24.8. The number of ketones is 2. The van der Waals surface area contributed by atoms with Crippen LogP contribution in [0.15, 0.2) is 46.9 Å². The molecule has 1 heterocycles. The molecule has 0 aromatic heterocycles. The molecule has 6 N–H and O–H groups in total. The van der Waals surface area contributed by atoms with Gasteiger partial charge in [-0.25, -0.2) is 0 Å². The number of nitrogens with two attached hydrogens (primary N) is 1. The smallest absolute Gasteiger partial charge is 0.255 e. The number of phenolic OH excluding ortho intramolecular Hbond substituents is 1. The molecule has 6 rings (SSSR count). The van der Waals surface area contributed by atoms with Crippen molar-refractivity contribution in [3.63, 3.8) is 0 Å². The van der Waals surface area contributed by atoms with Crippen LogP contribution in [0, 0.1) is 11.8 Å². The van der Waals surface area contributed by atoms with Gasteiger partial charge >= 0.3 is 0 Å². The lowest BCUT2D eigenvalue weighted by Crippen LogP contribution is -2.63. The highest BCUT2D eigenvalue weighted by Gasteiger charge is 2.63. The van der Waals surface area contributed by atoms with Gasteiger partial charge < -0.3 is 31.1 Å². The zero-order valence-electron chi connectivity index (χ0n) is 24.8. The van der Waals surface area contributed by atoms with E-state index in [0.717, 1.165) is 30.5 Å². The van der Waals surface area contributed by atoms with Crippen LogP contribution in [0.1, 0.15) is 34.3 Å². The number of Topliss-reactive ketones (excluding diaryl/α,β-unsaturated/α-hetero) is 2. The number of phenols is 1. The van der Waals surface area contributed by atoms with E-state index >= 15 is 0 Å². The van der Waals surface area contributed by atoms with Gasteiger partial charge in [0.1, 0.15) is 22.8 Å². The molecule has 1 fully saturated rings. The Kier molecular flexibility index (Phi) is 6.92. The summed E-state index contributed by atoms with van der Waals surface area (Å²) in [7, 11) is 7.37.